The van der Waals surface area contributed by atoms with Crippen molar-refractivity contribution in [1.29, 1.82) is 0 Å². The number of likely N-dealkylation sites (N-methyl/N-ethyl adjacent to an activating group) is 1. The molecule has 0 aliphatic heterocycles. The van der Waals surface area contributed by atoms with Gasteiger partial charge in [0.1, 0.15) is 0 Å². The number of nitrogens with one attached hydrogen (secondary N) is 1. The molecular formula is C29H34N4O3S2. The number of fused-ring (bicyclic) bond motifs is 1. The first-order valence-corrected chi connectivity index (χ1v) is 15.0. The van der Waals surface area contributed by atoms with E-state index in [0.717, 1.165) is 35.4 Å². The second-order valence-electron chi connectivity index (χ2n) is 9.38. The molecule has 0 fully saturated rings. The fraction of sp³-hybridized carbons (Fsp3) is 0.310. The van der Waals surface area contributed by atoms with E-state index >= 15 is 0 Å². The van der Waals surface area contributed by atoms with E-state index < -0.39 is 10.0 Å². The van der Waals surface area contributed by atoms with Crippen LogP contribution in [0.4, 0.5) is 10.8 Å². The number of aromatic nitrogens is 1. The molecule has 4 aromatic rings. The summed E-state index contributed by atoms with van der Waals surface area (Å²) in [7, 11) is -3.73. The van der Waals surface area contributed by atoms with Crippen LogP contribution in [0.3, 0.4) is 0 Å². The van der Waals surface area contributed by atoms with Gasteiger partial charge in [-0.2, -0.15) is 0 Å². The zero-order valence-electron chi connectivity index (χ0n) is 22.5. The van der Waals surface area contributed by atoms with E-state index in [1.54, 1.807) is 53.4 Å². The van der Waals surface area contributed by atoms with Crippen LogP contribution in [0.2, 0.25) is 0 Å². The highest BCUT2D eigenvalue weighted by molar-refractivity contribution is 7.92. The zero-order valence-corrected chi connectivity index (χ0v) is 24.1. The van der Waals surface area contributed by atoms with Crippen LogP contribution in [0.1, 0.15) is 40.9 Å². The zero-order chi connectivity index (χ0) is 27.4. The number of benzene rings is 3. The summed E-state index contributed by atoms with van der Waals surface area (Å²) in [6, 6.07) is 17.4. The lowest BCUT2D eigenvalue weighted by Crippen LogP contribution is -2.38. The van der Waals surface area contributed by atoms with Crippen molar-refractivity contribution in [3.05, 3.63) is 82.9 Å². The SMILES string of the molecule is CCN(CC)CCN(C(=O)c1ccc(NS(=O)(=O)c2ccc(C)cc2)cc1)c1nc2cc(C)c(C)cc2s1. The van der Waals surface area contributed by atoms with Crippen molar-refractivity contribution < 1.29 is 13.2 Å². The van der Waals surface area contributed by atoms with Crippen LogP contribution in [0.15, 0.2) is 65.6 Å². The molecule has 0 aliphatic rings. The Balaban J connectivity index is 1.60. The van der Waals surface area contributed by atoms with Gasteiger partial charge in [-0.3, -0.25) is 14.4 Å². The average Bonchev–Trinajstić information content (AvgIpc) is 3.29. The molecule has 9 heteroatoms. The predicted octanol–water partition coefficient (Wildman–Crippen LogP) is 6.01. The number of amides is 1. The summed E-state index contributed by atoms with van der Waals surface area (Å²) in [5.41, 5.74) is 5.08. The first kappa shape index (κ1) is 27.8. The van der Waals surface area contributed by atoms with Crippen LogP contribution in [0, 0.1) is 20.8 Å². The van der Waals surface area contributed by atoms with Crippen LogP contribution >= 0.6 is 11.3 Å². The molecule has 1 heterocycles. The molecular weight excluding hydrogens is 516 g/mol. The molecule has 0 aliphatic carbocycles. The molecule has 1 N–H and O–H groups in total. The van der Waals surface area contributed by atoms with E-state index in [-0.39, 0.29) is 10.8 Å². The third-order valence-corrected chi connectivity index (χ3v) is 9.16. The number of carbonyl (C=O) groups excluding carboxylic acids is 1. The topological polar surface area (TPSA) is 82.6 Å². The smallest absolute Gasteiger partial charge is 0.261 e. The number of anilines is 2. The van der Waals surface area contributed by atoms with E-state index in [9.17, 15) is 13.2 Å². The van der Waals surface area contributed by atoms with Gasteiger partial charge >= 0.3 is 0 Å². The first-order valence-electron chi connectivity index (χ1n) is 12.7. The van der Waals surface area contributed by atoms with Gasteiger partial charge in [0.15, 0.2) is 5.13 Å². The quantitative estimate of drug-likeness (QED) is 0.261. The van der Waals surface area contributed by atoms with Crippen molar-refractivity contribution in [2.45, 2.75) is 39.5 Å². The Kier molecular flexibility index (Phi) is 8.50. The highest BCUT2D eigenvalue weighted by Gasteiger charge is 2.23. The number of hydrogen-bond acceptors (Lipinski definition) is 6. The van der Waals surface area contributed by atoms with Crippen molar-refractivity contribution >= 4 is 48.3 Å². The van der Waals surface area contributed by atoms with Gasteiger partial charge in [0.2, 0.25) is 0 Å². The molecule has 200 valence electrons. The minimum atomic E-state index is -3.73. The van der Waals surface area contributed by atoms with Gasteiger partial charge in [-0.1, -0.05) is 42.9 Å². The minimum Gasteiger partial charge on any atom is -0.302 e. The molecule has 0 radical (unpaired) electrons. The van der Waals surface area contributed by atoms with Crippen LogP contribution in [-0.2, 0) is 10.0 Å². The third-order valence-electron chi connectivity index (χ3n) is 6.72. The first-order chi connectivity index (χ1) is 18.1. The Morgan fingerprint density at radius 1 is 0.895 bits per heavy atom. The average molecular weight is 551 g/mol. The molecule has 0 spiro atoms. The predicted molar refractivity (Wildman–Crippen MR) is 157 cm³/mol. The number of sulfonamides is 1. The van der Waals surface area contributed by atoms with Crippen molar-refractivity contribution in [3.63, 3.8) is 0 Å². The summed E-state index contributed by atoms with van der Waals surface area (Å²) in [6.07, 6.45) is 0. The number of aryl methyl sites for hydroxylation is 3. The fourth-order valence-electron chi connectivity index (χ4n) is 4.12. The summed E-state index contributed by atoms with van der Waals surface area (Å²) < 4.78 is 29.2. The summed E-state index contributed by atoms with van der Waals surface area (Å²) in [5.74, 6) is -0.169. The highest BCUT2D eigenvalue weighted by atomic mass is 32.2. The lowest BCUT2D eigenvalue weighted by molar-refractivity contribution is 0.0984. The molecule has 0 saturated heterocycles. The summed E-state index contributed by atoms with van der Waals surface area (Å²) in [5, 5.41) is 0.659. The van der Waals surface area contributed by atoms with Crippen molar-refractivity contribution in [3.8, 4) is 0 Å². The second kappa shape index (κ2) is 11.6. The Hall–Kier alpha value is -3.27. The largest absolute Gasteiger partial charge is 0.302 e. The fourth-order valence-corrected chi connectivity index (χ4v) is 6.25. The third kappa shape index (κ3) is 6.23. The van der Waals surface area contributed by atoms with E-state index in [1.165, 1.54) is 22.5 Å². The molecule has 1 aromatic heterocycles. The van der Waals surface area contributed by atoms with Crippen LogP contribution in [0.5, 0.6) is 0 Å². The maximum absolute atomic E-state index is 13.7. The molecule has 1 amide bonds. The molecule has 0 atom stereocenters. The molecule has 4 rings (SSSR count). The van der Waals surface area contributed by atoms with E-state index in [1.807, 2.05) is 6.92 Å². The van der Waals surface area contributed by atoms with E-state index in [0.29, 0.717) is 22.9 Å². The van der Waals surface area contributed by atoms with Crippen molar-refractivity contribution in [2.75, 3.05) is 35.8 Å². The lowest BCUT2D eigenvalue weighted by Gasteiger charge is -2.24. The van der Waals surface area contributed by atoms with Gasteiger partial charge in [0.05, 0.1) is 15.1 Å². The van der Waals surface area contributed by atoms with Gasteiger partial charge in [-0.25, -0.2) is 13.4 Å². The van der Waals surface area contributed by atoms with Gasteiger partial charge in [-0.05, 0) is 93.5 Å². The summed E-state index contributed by atoms with van der Waals surface area (Å²) in [4.78, 5) is 22.7. The number of hydrogen-bond donors (Lipinski definition) is 1. The number of rotatable bonds is 10. The minimum absolute atomic E-state index is 0.169. The number of carbonyl (C=O) groups is 1. The normalized spacial score (nSPS) is 11.7. The monoisotopic (exact) mass is 550 g/mol. The Morgan fingerprint density at radius 3 is 2.16 bits per heavy atom. The van der Waals surface area contributed by atoms with Gasteiger partial charge < -0.3 is 4.90 Å². The molecule has 0 bridgehead atoms. The summed E-state index contributed by atoms with van der Waals surface area (Å²) in [6.45, 7) is 13.3. The van der Waals surface area contributed by atoms with Crippen molar-refractivity contribution in [1.82, 2.24) is 9.88 Å². The molecule has 3 aromatic carbocycles. The molecule has 0 saturated carbocycles. The van der Waals surface area contributed by atoms with Crippen LogP contribution in [0.25, 0.3) is 10.2 Å². The van der Waals surface area contributed by atoms with E-state index in [4.69, 9.17) is 4.98 Å². The highest BCUT2D eigenvalue weighted by Crippen LogP contribution is 2.32. The van der Waals surface area contributed by atoms with Crippen LogP contribution in [-0.4, -0.2) is 50.4 Å². The Morgan fingerprint density at radius 2 is 1.53 bits per heavy atom. The van der Waals surface area contributed by atoms with Gasteiger partial charge in [-0.15, -0.1) is 0 Å². The molecule has 7 nitrogen and oxygen atoms in total. The Labute approximate surface area is 229 Å². The standard InChI is InChI=1S/C29H34N4O3S2/c1-6-32(7-2)16-17-33(29-30-26-18-21(4)22(5)19-27(26)37-29)28(34)23-10-12-24(13-11-23)31-38(35,36)25-14-8-20(3)9-15-25/h8-15,18-19,31H,6-7,16-17H2,1-5H3. The van der Waals surface area contributed by atoms with Gasteiger partial charge in [0, 0.05) is 24.3 Å². The maximum atomic E-state index is 13.7. The van der Waals surface area contributed by atoms with Gasteiger partial charge in [0.25, 0.3) is 15.9 Å². The van der Waals surface area contributed by atoms with Crippen molar-refractivity contribution in [2.24, 2.45) is 0 Å². The molecule has 38 heavy (non-hydrogen) atoms. The molecule has 0 unspecified atom stereocenters. The summed E-state index contributed by atoms with van der Waals surface area (Å²) >= 11 is 1.51. The van der Waals surface area contributed by atoms with E-state index in [2.05, 4.69) is 49.4 Å². The Bertz CT molecular complexity index is 1490. The second-order valence-corrected chi connectivity index (χ2v) is 12.1. The number of thiazole rings is 1. The van der Waals surface area contributed by atoms with Crippen LogP contribution < -0.4 is 9.62 Å². The lowest BCUT2D eigenvalue weighted by atomic mass is 10.1. The number of nitrogens with zero attached hydrogens (tertiary/aromatic N) is 3. The maximum Gasteiger partial charge on any atom is 0.261 e.